The van der Waals surface area contributed by atoms with Gasteiger partial charge >= 0.3 is 0 Å². The molecule has 0 spiro atoms. The molecule has 5 rings (SSSR count). The van der Waals surface area contributed by atoms with Crippen LogP contribution in [0.1, 0.15) is 49.5 Å². The molecule has 0 bridgehead atoms. The van der Waals surface area contributed by atoms with Gasteiger partial charge in [-0.15, -0.1) is 0 Å². The van der Waals surface area contributed by atoms with E-state index in [1.807, 2.05) is 24.1 Å². The highest BCUT2D eigenvalue weighted by molar-refractivity contribution is 7.92. The Morgan fingerprint density at radius 3 is 2.77 bits per heavy atom. The van der Waals surface area contributed by atoms with Gasteiger partial charge in [-0.3, -0.25) is 4.90 Å². The summed E-state index contributed by atoms with van der Waals surface area (Å²) in [5, 5.41) is 9.93. The molecule has 1 aromatic carbocycles. The number of nitrogens with zero attached hydrogens (tertiary/aromatic N) is 3. The van der Waals surface area contributed by atoms with Crippen LogP contribution in [0.4, 0.5) is 11.5 Å². The Morgan fingerprint density at radius 1 is 1.17 bits per heavy atom. The van der Waals surface area contributed by atoms with E-state index < -0.39 is 16.1 Å². The number of hydrogen-bond donors (Lipinski definition) is 1. The van der Waals surface area contributed by atoms with E-state index in [0.717, 1.165) is 48.9 Å². The molecular weight excluding hydrogens is 402 g/mol. The van der Waals surface area contributed by atoms with E-state index in [1.54, 1.807) is 6.07 Å². The summed E-state index contributed by atoms with van der Waals surface area (Å²) in [5.74, 6) is 1.14. The van der Waals surface area contributed by atoms with Crippen molar-refractivity contribution < 1.29 is 18.3 Å². The SMILES string of the molecule is CN1Cc2cc(N3CCOc4cc(S(=O)(=O)C5CCCCC5)cnc43)ccc2C1O. The molecule has 3 heterocycles. The van der Waals surface area contributed by atoms with Crippen molar-refractivity contribution in [3.63, 3.8) is 0 Å². The fraction of sp³-hybridized carbons (Fsp3) is 0.500. The van der Waals surface area contributed by atoms with Gasteiger partial charge in [0.25, 0.3) is 0 Å². The van der Waals surface area contributed by atoms with Crippen LogP contribution in [0.5, 0.6) is 5.75 Å². The average molecular weight is 430 g/mol. The van der Waals surface area contributed by atoms with Gasteiger partial charge in [-0.25, -0.2) is 13.4 Å². The minimum atomic E-state index is -3.39. The number of aliphatic hydroxyl groups is 1. The monoisotopic (exact) mass is 429 g/mol. The molecule has 2 aromatic rings. The first kappa shape index (κ1) is 19.8. The van der Waals surface area contributed by atoms with E-state index >= 15 is 0 Å². The number of rotatable bonds is 3. The van der Waals surface area contributed by atoms with Crippen LogP contribution in [0.25, 0.3) is 0 Å². The second-order valence-corrected chi connectivity index (χ2v) is 10.7. The summed E-state index contributed by atoms with van der Waals surface area (Å²) >= 11 is 0. The van der Waals surface area contributed by atoms with Crippen LogP contribution in [-0.4, -0.2) is 48.9 Å². The van der Waals surface area contributed by atoms with Crippen molar-refractivity contribution in [3.05, 3.63) is 41.6 Å². The van der Waals surface area contributed by atoms with Crippen molar-refractivity contribution in [2.24, 2.45) is 0 Å². The maximum atomic E-state index is 13.1. The third kappa shape index (κ3) is 3.27. The molecule has 8 heteroatoms. The smallest absolute Gasteiger partial charge is 0.182 e. The lowest BCUT2D eigenvalue weighted by atomic mass is 10.0. The standard InChI is InChI=1S/C22H27N3O4S/c1-24-14-15-11-16(7-8-19(15)22(24)26)25-9-10-29-20-12-18(13-23-21(20)25)30(27,28)17-5-3-2-4-6-17/h7-8,11-13,17,22,26H,2-6,9-10,14H2,1H3. The quantitative estimate of drug-likeness (QED) is 0.802. The topological polar surface area (TPSA) is 83.0 Å². The van der Waals surface area contributed by atoms with Crippen LogP contribution in [0.3, 0.4) is 0 Å². The highest BCUT2D eigenvalue weighted by Gasteiger charge is 2.32. The molecule has 7 nitrogen and oxygen atoms in total. The number of sulfone groups is 1. The van der Waals surface area contributed by atoms with Gasteiger partial charge in [0.2, 0.25) is 0 Å². The first-order chi connectivity index (χ1) is 14.4. The summed E-state index contributed by atoms with van der Waals surface area (Å²) in [6, 6.07) is 7.65. The van der Waals surface area contributed by atoms with E-state index in [1.165, 1.54) is 6.20 Å². The van der Waals surface area contributed by atoms with E-state index in [-0.39, 0.29) is 10.1 Å². The van der Waals surface area contributed by atoms with Crippen LogP contribution in [0.2, 0.25) is 0 Å². The number of ether oxygens (including phenoxy) is 1. The predicted octanol–water partition coefficient (Wildman–Crippen LogP) is 3.15. The molecule has 1 unspecified atom stereocenters. The van der Waals surface area contributed by atoms with Crippen LogP contribution in [-0.2, 0) is 16.4 Å². The lowest BCUT2D eigenvalue weighted by molar-refractivity contribution is 0.0337. The largest absolute Gasteiger partial charge is 0.488 e. The molecule has 0 radical (unpaired) electrons. The van der Waals surface area contributed by atoms with E-state index in [0.29, 0.717) is 31.3 Å². The van der Waals surface area contributed by atoms with Crippen molar-refractivity contribution >= 4 is 21.3 Å². The zero-order valence-electron chi connectivity index (χ0n) is 17.1. The highest BCUT2D eigenvalue weighted by Crippen LogP contribution is 2.40. The van der Waals surface area contributed by atoms with Gasteiger partial charge in [0.1, 0.15) is 12.8 Å². The minimum absolute atomic E-state index is 0.258. The zero-order valence-corrected chi connectivity index (χ0v) is 17.9. The Kier molecular flexibility index (Phi) is 4.95. The van der Waals surface area contributed by atoms with Gasteiger partial charge in [-0.1, -0.05) is 25.3 Å². The van der Waals surface area contributed by atoms with Gasteiger partial charge in [0.15, 0.2) is 21.4 Å². The Morgan fingerprint density at radius 2 is 1.97 bits per heavy atom. The van der Waals surface area contributed by atoms with E-state index in [9.17, 15) is 13.5 Å². The molecule has 160 valence electrons. The van der Waals surface area contributed by atoms with Crippen LogP contribution in [0, 0.1) is 0 Å². The Hall–Kier alpha value is -2.16. The van der Waals surface area contributed by atoms with Gasteiger partial charge in [0.05, 0.1) is 16.7 Å². The summed E-state index contributed by atoms with van der Waals surface area (Å²) in [5.41, 5.74) is 2.99. The first-order valence-electron chi connectivity index (χ1n) is 10.6. The Balaban J connectivity index is 1.47. The zero-order chi connectivity index (χ0) is 20.9. The number of fused-ring (bicyclic) bond motifs is 2. The van der Waals surface area contributed by atoms with Crippen LogP contribution >= 0.6 is 0 Å². The number of benzene rings is 1. The molecule has 1 fully saturated rings. The number of anilines is 2. The van der Waals surface area contributed by atoms with Crippen molar-refractivity contribution in [2.75, 3.05) is 25.1 Å². The number of aliphatic hydroxyl groups excluding tert-OH is 1. The van der Waals surface area contributed by atoms with Crippen LogP contribution in [0.15, 0.2) is 35.4 Å². The van der Waals surface area contributed by atoms with Gasteiger partial charge in [-0.2, -0.15) is 0 Å². The van der Waals surface area contributed by atoms with E-state index in [4.69, 9.17) is 4.74 Å². The van der Waals surface area contributed by atoms with Crippen LogP contribution < -0.4 is 9.64 Å². The molecule has 1 aromatic heterocycles. The van der Waals surface area contributed by atoms with Crippen molar-refractivity contribution in [3.8, 4) is 5.75 Å². The Labute approximate surface area is 177 Å². The minimum Gasteiger partial charge on any atom is -0.488 e. The lowest BCUT2D eigenvalue weighted by Crippen LogP contribution is -2.30. The molecule has 2 aliphatic heterocycles. The molecule has 30 heavy (non-hydrogen) atoms. The van der Waals surface area contributed by atoms with Gasteiger partial charge in [0, 0.05) is 24.5 Å². The molecule has 0 amide bonds. The second-order valence-electron chi connectivity index (χ2n) is 8.47. The summed E-state index contributed by atoms with van der Waals surface area (Å²) in [6.07, 6.45) is 5.40. The van der Waals surface area contributed by atoms with Gasteiger partial charge in [-0.05, 0) is 43.1 Å². The molecule has 0 saturated heterocycles. The second kappa shape index (κ2) is 7.51. The predicted molar refractivity (Wildman–Crippen MR) is 114 cm³/mol. The Bertz CT molecular complexity index is 1070. The maximum Gasteiger partial charge on any atom is 0.182 e. The molecule has 1 saturated carbocycles. The highest BCUT2D eigenvalue weighted by atomic mass is 32.2. The summed E-state index contributed by atoms with van der Waals surface area (Å²) in [7, 11) is -1.50. The lowest BCUT2D eigenvalue weighted by Gasteiger charge is -2.31. The molecule has 3 aliphatic rings. The fourth-order valence-corrected chi connectivity index (χ4v) is 6.61. The van der Waals surface area contributed by atoms with E-state index in [2.05, 4.69) is 16.0 Å². The van der Waals surface area contributed by atoms with Gasteiger partial charge < -0.3 is 14.7 Å². The molecule has 1 aliphatic carbocycles. The summed E-state index contributed by atoms with van der Waals surface area (Å²) in [4.78, 5) is 8.73. The molecular formula is C22H27N3O4S. The molecule has 1 atom stereocenters. The normalized spacial score (nSPS) is 22.5. The third-order valence-corrected chi connectivity index (χ3v) is 8.74. The fourth-order valence-electron chi connectivity index (χ4n) is 4.80. The van der Waals surface area contributed by atoms with Crippen molar-refractivity contribution in [1.82, 2.24) is 9.88 Å². The van der Waals surface area contributed by atoms with Crippen molar-refractivity contribution in [2.45, 2.75) is 55.0 Å². The number of hydrogen-bond acceptors (Lipinski definition) is 7. The molecule has 1 N–H and O–H groups in total. The third-order valence-electron chi connectivity index (χ3n) is 6.51. The van der Waals surface area contributed by atoms with Crippen molar-refractivity contribution in [1.29, 1.82) is 0 Å². The maximum absolute atomic E-state index is 13.1. The number of pyridine rings is 1. The summed E-state index contributed by atoms with van der Waals surface area (Å²) in [6.45, 7) is 1.78. The average Bonchev–Trinajstić information content (AvgIpc) is 3.06. The number of aromatic nitrogens is 1. The summed E-state index contributed by atoms with van der Waals surface area (Å²) < 4.78 is 32.0. The first-order valence-corrected chi connectivity index (χ1v) is 12.2.